The lowest BCUT2D eigenvalue weighted by atomic mass is 9.78. The topological polar surface area (TPSA) is 43.4 Å². The van der Waals surface area contributed by atoms with Gasteiger partial charge in [0.25, 0.3) is 0 Å². The number of carbonyl (C=O) groups excluding carboxylic acids is 2. The normalized spacial score (nSPS) is 19.5. The van der Waals surface area contributed by atoms with E-state index in [2.05, 4.69) is 4.74 Å². The Bertz CT molecular complexity index is 208. The van der Waals surface area contributed by atoms with E-state index >= 15 is 0 Å². The quantitative estimate of drug-likeness (QED) is 0.473. The van der Waals surface area contributed by atoms with Crippen LogP contribution in [0.5, 0.6) is 0 Å². The van der Waals surface area contributed by atoms with Crippen LogP contribution in [0.15, 0.2) is 0 Å². The molecule has 0 unspecified atom stereocenters. The Morgan fingerprint density at radius 3 is 2.42 bits per heavy atom. The Labute approximate surface area is 69.9 Å². The number of halogens is 1. The number of ether oxygens (including phenoxy) is 1. The Kier molecular flexibility index (Phi) is 2.45. The predicted octanol–water partition coefficient (Wildman–Crippen LogP) is 1.01. The summed E-state index contributed by atoms with van der Waals surface area (Å²) in [4.78, 5) is 21.6. The summed E-state index contributed by atoms with van der Waals surface area (Å²) in [6.07, 6.45) is 0.794. The second-order valence-corrected chi connectivity index (χ2v) is 2.99. The maximum atomic E-state index is 13.2. The molecular weight excluding hydrogens is 163 g/mol. The largest absolute Gasteiger partial charge is 0.469 e. The molecule has 3 nitrogen and oxygen atoms in total. The minimum absolute atomic E-state index is 0.253. The molecule has 0 heterocycles. The molecule has 0 N–H and O–H groups in total. The molecule has 4 heteroatoms. The molecule has 1 aliphatic rings. The van der Waals surface area contributed by atoms with Crippen molar-refractivity contribution in [1.82, 2.24) is 0 Å². The first-order valence-corrected chi connectivity index (χ1v) is 3.87. The van der Waals surface area contributed by atoms with Gasteiger partial charge >= 0.3 is 5.97 Å². The minimum atomic E-state index is -1.73. The second-order valence-electron chi connectivity index (χ2n) is 2.99. The average molecular weight is 174 g/mol. The van der Waals surface area contributed by atoms with Crippen LogP contribution in [0.3, 0.4) is 0 Å². The van der Waals surface area contributed by atoms with Gasteiger partial charge in [-0.25, -0.2) is 4.39 Å². The Hall–Kier alpha value is -0.930. The van der Waals surface area contributed by atoms with E-state index in [1.165, 1.54) is 7.11 Å². The van der Waals surface area contributed by atoms with Gasteiger partial charge in [0.2, 0.25) is 0 Å². The molecule has 0 bridgehead atoms. The molecule has 0 aliphatic heterocycles. The van der Waals surface area contributed by atoms with Crippen molar-refractivity contribution in [1.29, 1.82) is 0 Å². The zero-order valence-electron chi connectivity index (χ0n) is 6.93. The first kappa shape index (κ1) is 9.16. The summed E-state index contributed by atoms with van der Waals surface area (Å²) in [5, 5.41) is 0. The first-order chi connectivity index (χ1) is 5.58. The molecule has 0 saturated heterocycles. The average Bonchev–Trinajstić information content (AvgIpc) is 1.99. The molecule has 0 aromatic heterocycles. The predicted molar refractivity (Wildman–Crippen MR) is 39.3 cm³/mol. The van der Waals surface area contributed by atoms with Crippen molar-refractivity contribution in [3.63, 3.8) is 0 Å². The molecule has 1 aliphatic carbocycles. The molecular formula is C8H11FO3. The Morgan fingerprint density at radius 2 is 2.08 bits per heavy atom. The van der Waals surface area contributed by atoms with Crippen molar-refractivity contribution in [2.45, 2.75) is 31.4 Å². The van der Waals surface area contributed by atoms with Gasteiger partial charge in [0.05, 0.1) is 7.11 Å². The van der Waals surface area contributed by atoms with E-state index in [1.54, 1.807) is 0 Å². The van der Waals surface area contributed by atoms with Crippen LogP contribution in [0.1, 0.15) is 25.7 Å². The molecule has 1 saturated carbocycles. The van der Waals surface area contributed by atoms with Crippen LogP contribution in [0, 0.1) is 0 Å². The number of ketones is 1. The highest BCUT2D eigenvalue weighted by Crippen LogP contribution is 2.37. The third kappa shape index (κ3) is 1.62. The van der Waals surface area contributed by atoms with Crippen molar-refractivity contribution < 1.29 is 18.7 Å². The summed E-state index contributed by atoms with van der Waals surface area (Å²) in [5.74, 6) is -1.30. The Morgan fingerprint density at radius 1 is 1.50 bits per heavy atom. The van der Waals surface area contributed by atoms with Crippen molar-refractivity contribution in [3.05, 3.63) is 0 Å². The number of carbonyl (C=O) groups is 2. The van der Waals surface area contributed by atoms with E-state index in [-0.39, 0.29) is 12.8 Å². The highest BCUT2D eigenvalue weighted by molar-refractivity contribution is 6.00. The molecule has 0 aromatic carbocycles. The SMILES string of the molecule is COC(=O)CC(=O)C1(F)CCC1. The highest BCUT2D eigenvalue weighted by atomic mass is 19.1. The van der Waals surface area contributed by atoms with Gasteiger partial charge in [-0.3, -0.25) is 9.59 Å². The van der Waals surface area contributed by atoms with E-state index in [0.29, 0.717) is 0 Å². The van der Waals surface area contributed by atoms with Crippen molar-refractivity contribution >= 4 is 11.8 Å². The van der Waals surface area contributed by atoms with E-state index in [0.717, 1.165) is 6.42 Å². The Balaban J connectivity index is 2.42. The summed E-state index contributed by atoms with van der Waals surface area (Å²) in [6, 6.07) is 0. The van der Waals surface area contributed by atoms with Crippen molar-refractivity contribution in [3.8, 4) is 0 Å². The number of hydrogen-bond donors (Lipinski definition) is 0. The fraction of sp³-hybridized carbons (Fsp3) is 0.750. The molecule has 1 rings (SSSR count). The molecule has 0 radical (unpaired) electrons. The van der Waals surface area contributed by atoms with Crippen molar-refractivity contribution in [2.75, 3.05) is 7.11 Å². The number of methoxy groups -OCH3 is 1. The summed E-state index contributed by atoms with van der Waals surface area (Å²) >= 11 is 0. The lowest BCUT2D eigenvalue weighted by Gasteiger charge is -2.31. The highest BCUT2D eigenvalue weighted by Gasteiger charge is 2.44. The number of alkyl halides is 1. The third-order valence-corrected chi connectivity index (χ3v) is 2.18. The molecule has 0 atom stereocenters. The molecule has 0 spiro atoms. The maximum Gasteiger partial charge on any atom is 0.313 e. The van der Waals surface area contributed by atoms with E-state index in [9.17, 15) is 14.0 Å². The van der Waals surface area contributed by atoms with E-state index < -0.39 is 23.8 Å². The maximum absolute atomic E-state index is 13.2. The summed E-state index contributed by atoms with van der Waals surface area (Å²) in [6.45, 7) is 0. The lowest BCUT2D eigenvalue weighted by Crippen LogP contribution is -2.41. The van der Waals surface area contributed by atoms with Crippen LogP contribution in [0.25, 0.3) is 0 Å². The number of hydrogen-bond acceptors (Lipinski definition) is 3. The summed E-state index contributed by atoms with van der Waals surface area (Å²) in [5.41, 5.74) is -1.73. The molecule has 68 valence electrons. The van der Waals surface area contributed by atoms with Crippen LogP contribution >= 0.6 is 0 Å². The molecule has 1 fully saturated rings. The van der Waals surface area contributed by atoms with Crippen LogP contribution in [0.2, 0.25) is 0 Å². The fourth-order valence-corrected chi connectivity index (χ4v) is 1.13. The van der Waals surface area contributed by atoms with E-state index in [4.69, 9.17) is 0 Å². The summed E-state index contributed by atoms with van der Waals surface area (Å²) < 4.78 is 17.5. The summed E-state index contributed by atoms with van der Waals surface area (Å²) in [7, 11) is 1.18. The van der Waals surface area contributed by atoms with E-state index in [1.807, 2.05) is 0 Å². The van der Waals surface area contributed by atoms with Crippen LogP contribution < -0.4 is 0 Å². The molecule has 0 aromatic rings. The molecule has 12 heavy (non-hydrogen) atoms. The number of esters is 1. The van der Waals surface area contributed by atoms with Gasteiger partial charge < -0.3 is 4.74 Å². The van der Waals surface area contributed by atoms with Gasteiger partial charge in [-0.1, -0.05) is 0 Å². The van der Waals surface area contributed by atoms with Crippen LogP contribution in [0.4, 0.5) is 4.39 Å². The van der Waals surface area contributed by atoms with Gasteiger partial charge in [-0.2, -0.15) is 0 Å². The molecule has 0 amide bonds. The van der Waals surface area contributed by atoms with Gasteiger partial charge in [0.1, 0.15) is 6.42 Å². The minimum Gasteiger partial charge on any atom is -0.469 e. The second kappa shape index (κ2) is 3.21. The third-order valence-electron chi connectivity index (χ3n) is 2.18. The van der Waals surface area contributed by atoms with Gasteiger partial charge in [0.15, 0.2) is 11.5 Å². The first-order valence-electron chi connectivity index (χ1n) is 3.87. The number of Topliss-reactive ketones (excluding diaryl/α,β-unsaturated/α-hetero) is 1. The van der Waals surface area contributed by atoms with Crippen molar-refractivity contribution in [2.24, 2.45) is 0 Å². The number of rotatable bonds is 3. The van der Waals surface area contributed by atoms with Crippen LogP contribution in [-0.4, -0.2) is 24.5 Å². The van der Waals surface area contributed by atoms with Gasteiger partial charge in [0, 0.05) is 0 Å². The van der Waals surface area contributed by atoms with Crippen LogP contribution in [-0.2, 0) is 14.3 Å². The zero-order valence-corrected chi connectivity index (χ0v) is 6.93. The standard InChI is InChI=1S/C8H11FO3/c1-12-7(11)5-6(10)8(9)3-2-4-8/h2-5H2,1H3. The lowest BCUT2D eigenvalue weighted by molar-refractivity contribution is -0.148. The fourth-order valence-electron chi connectivity index (χ4n) is 1.13. The smallest absolute Gasteiger partial charge is 0.313 e. The van der Waals surface area contributed by atoms with Gasteiger partial charge in [-0.15, -0.1) is 0 Å². The van der Waals surface area contributed by atoms with Gasteiger partial charge in [-0.05, 0) is 19.3 Å². The zero-order chi connectivity index (χ0) is 9.19. The monoisotopic (exact) mass is 174 g/mol.